The van der Waals surface area contributed by atoms with Crippen LogP contribution in [0.3, 0.4) is 0 Å². The highest BCUT2D eigenvalue weighted by Crippen LogP contribution is 2.20. The molecule has 3 aromatic rings. The molecule has 1 atom stereocenters. The molecular formula is C19H18BrN3O4. The Morgan fingerprint density at radius 3 is 2.48 bits per heavy atom. The van der Waals surface area contributed by atoms with Crippen molar-refractivity contribution < 1.29 is 18.8 Å². The molecule has 0 bridgehead atoms. The zero-order valence-corrected chi connectivity index (χ0v) is 16.4. The van der Waals surface area contributed by atoms with E-state index in [1.807, 2.05) is 36.4 Å². The summed E-state index contributed by atoms with van der Waals surface area (Å²) in [4.78, 5) is 16.5. The van der Waals surface area contributed by atoms with E-state index in [0.717, 1.165) is 15.8 Å². The number of aromatic nitrogens is 2. The van der Waals surface area contributed by atoms with Crippen molar-refractivity contribution in [3.05, 3.63) is 58.9 Å². The second-order valence-corrected chi connectivity index (χ2v) is 6.59. The van der Waals surface area contributed by atoms with Gasteiger partial charge < -0.3 is 19.3 Å². The molecule has 7 nitrogen and oxygen atoms in total. The minimum absolute atomic E-state index is 0.121. The lowest BCUT2D eigenvalue weighted by Crippen LogP contribution is -2.35. The number of hydrogen-bond donors (Lipinski definition) is 1. The maximum Gasteiger partial charge on any atom is 0.261 e. The maximum atomic E-state index is 12.2. The molecule has 0 saturated carbocycles. The number of benzene rings is 2. The van der Waals surface area contributed by atoms with Crippen LogP contribution in [0, 0.1) is 0 Å². The van der Waals surface area contributed by atoms with Crippen LogP contribution in [-0.2, 0) is 11.3 Å². The summed E-state index contributed by atoms with van der Waals surface area (Å²) in [6.07, 6.45) is -0.657. The molecule has 1 amide bonds. The van der Waals surface area contributed by atoms with Crippen LogP contribution in [0.1, 0.15) is 12.8 Å². The van der Waals surface area contributed by atoms with Gasteiger partial charge in [-0.15, -0.1) is 0 Å². The van der Waals surface area contributed by atoms with Crippen LogP contribution >= 0.6 is 15.9 Å². The van der Waals surface area contributed by atoms with Gasteiger partial charge in [-0.3, -0.25) is 4.79 Å². The van der Waals surface area contributed by atoms with Gasteiger partial charge in [0.15, 0.2) is 6.10 Å². The summed E-state index contributed by atoms with van der Waals surface area (Å²) < 4.78 is 16.8. The molecule has 0 aliphatic heterocycles. The summed E-state index contributed by atoms with van der Waals surface area (Å²) in [5, 5.41) is 6.65. The highest BCUT2D eigenvalue weighted by atomic mass is 79.9. The van der Waals surface area contributed by atoms with E-state index in [0.29, 0.717) is 17.5 Å². The van der Waals surface area contributed by atoms with Crippen molar-refractivity contribution in [3.63, 3.8) is 0 Å². The molecule has 0 aliphatic rings. The number of hydrogen-bond acceptors (Lipinski definition) is 6. The van der Waals surface area contributed by atoms with Crippen LogP contribution in [0.15, 0.2) is 57.5 Å². The Hall–Kier alpha value is -2.87. The lowest BCUT2D eigenvalue weighted by atomic mass is 10.2. The highest BCUT2D eigenvalue weighted by molar-refractivity contribution is 9.10. The smallest absolute Gasteiger partial charge is 0.261 e. The van der Waals surface area contributed by atoms with Crippen LogP contribution in [-0.4, -0.2) is 29.3 Å². The lowest BCUT2D eigenvalue weighted by molar-refractivity contribution is -0.127. The summed E-state index contributed by atoms with van der Waals surface area (Å²) in [5.41, 5.74) is 0.795. The van der Waals surface area contributed by atoms with Gasteiger partial charge >= 0.3 is 0 Å². The van der Waals surface area contributed by atoms with Crippen molar-refractivity contribution in [2.24, 2.45) is 0 Å². The molecule has 0 unspecified atom stereocenters. The first-order valence-electron chi connectivity index (χ1n) is 8.22. The molecule has 1 N–H and O–H groups in total. The number of ether oxygens (including phenoxy) is 2. The molecule has 8 heteroatoms. The summed E-state index contributed by atoms with van der Waals surface area (Å²) in [6, 6.07) is 14.6. The molecule has 27 heavy (non-hydrogen) atoms. The first-order valence-corrected chi connectivity index (χ1v) is 9.01. The van der Waals surface area contributed by atoms with Gasteiger partial charge in [-0.2, -0.15) is 4.98 Å². The molecule has 2 aromatic carbocycles. The highest BCUT2D eigenvalue weighted by Gasteiger charge is 2.16. The van der Waals surface area contributed by atoms with Gasteiger partial charge in [0.2, 0.25) is 11.7 Å². The quantitative estimate of drug-likeness (QED) is 0.614. The van der Waals surface area contributed by atoms with E-state index in [1.54, 1.807) is 26.2 Å². The summed E-state index contributed by atoms with van der Waals surface area (Å²) in [5.74, 6) is 1.84. The Labute approximate surface area is 164 Å². The number of halogens is 1. The third-order valence-corrected chi connectivity index (χ3v) is 4.25. The van der Waals surface area contributed by atoms with Gasteiger partial charge in [0.1, 0.15) is 11.5 Å². The summed E-state index contributed by atoms with van der Waals surface area (Å²) >= 11 is 3.35. The molecule has 1 aromatic heterocycles. The van der Waals surface area contributed by atoms with Gasteiger partial charge in [0.05, 0.1) is 13.7 Å². The molecule has 0 saturated heterocycles. The number of amides is 1. The van der Waals surface area contributed by atoms with Gasteiger partial charge in [-0.05, 0) is 55.5 Å². The molecular weight excluding hydrogens is 414 g/mol. The third-order valence-electron chi connectivity index (χ3n) is 3.73. The zero-order valence-electron chi connectivity index (χ0n) is 14.8. The Morgan fingerprint density at radius 1 is 1.15 bits per heavy atom. The van der Waals surface area contributed by atoms with E-state index in [2.05, 4.69) is 31.4 Å². The van der Waals surface area contributed by atoms with Crippen LogP contribution in [0.25, 0.3) is 11.4 Å². The number of nitrogens with zero attached hydrogens (tertiary/aromatic N) is 2. The van der Waals surface area contributed by atoms with E-state index >= 15 is 0 Å². The third kappa shape index (κ3) is 5.07. The fourth-order valence-electron chi connectivity index (χ4n) is 2.26. The number of carbonyl (C=O) groups is 1. The molecule has 1 heterocycles. The number of methoxy groups -OCH3 is 1. The molecule has 0 fully saturated rings. The SMILES string of the molecule is COc1ccc(-c2noc(CNC(=O)[C@H](C)Oc3ccc(Br)cc3)n2)cc1. The van der Waals surface area contributed by atoms with Crippen molar-refractivity contribution in [2.45, 2.75) is 19.6 Å². The molecule has 0 radical (unpaired) electrons. The van der Waals surface area contributed by atoms with Crippen molar-refractivity contribution in [2.75, 3.05) is 7.11 Å². The normalized spacial score (nSPS) is 11.7. The standard InChI is InChI=1S/C19H18BrN3O4/c1-12(26-16-9-5-14(20)6-10-16)19(24)21-11-17-22-18(23-27-17)13-3-7-15(25-2)8-4-13/h3-10,12H,11H2,1-2H3,(H,21,24)/t12-/m0/s1. The minimum atomic E-state index is -0.657. The topological polar surface area (TPSA) is 86.5 Å². The van der Waals surface area contributed by atoms with Crippen LogP contribution < -0.4 is 14.8 Å². The van der Waals surface area contributed by atoms with Crippen LogP contribution in [0.4, 0.5) is 0 Å². The van der Waals surface area contributed by atoms with E-state index in [-0.39, 0.29) is 12.5 Å². The van der Waals surface area contributed by atoms with Gasteiger partial charge in [0, 0.05) is 10.0 Å². The average Bonchev–Trinajstić information content (AvgIpc) is 3.17. The average molecular weight is 432 g/mol. The van der Waals surface area contributed by atoms with Crippen molar-refractivity contribution in [1.29, 1.82) is 0 Å². The maximum absolute atomic E-state index is 12.2. The minimum Gasteiger partial charge on any atom is -0.497 e. The fraction of sp³-hybridized carbons (Fsp3) is 0.211. The molecule has 140 valence electrons. The van der Waals surface area contributed by atoms with Gasteiger partial charge in [-0.1, -0.05) is 21.1 Å². The Morgan fingerprint density at radius 2 is 1.81 bits per heavy atom. The van der Waals surface area contributed by atoms with Crippen LogP contribution in [0.2, 0.25) is 0 Å². The number of carbonyl (C=O) groups excluding carboxylic acids is 1. The van der Waals surface area contributed by atoms with E-state index in [9.17, 15) is 4.79 Å². The first-order chi connectivity index (χ1) is 13.0. The second kappa shape index (κ2) is 8.68. The Balaban J connectivity index is 1.54. The predicted molar refractivity (Wildman–Crippen MR) is 102 cm³/mol. The Bertz CT molecular complexity index is 894. The number of nitrogens with one attached hydrogen (secondary N) is 1. The van der Waals surface area contributed by atoms with Crippen molar-refractivity contribution in [1.82, 2.24) is 15.5 Å². The molecule has 0 aliphatic carbocycles. The molecule has 0 spiro atoms. The Kier molecular flexibility index (Phi) is 6.08. The van der Waals surface area contributed by atoms with E-state index < -0.39 is 6.10 Å². The predicted octanol–water partition coefficient (Wildman–Crippen LogP) is 3.59. The largest absolute Gasteiger partial charge is 0.497 e. The second-order valence-electron chi connectivity index (χ2n) is 5.67. The van der Waals surface area contributed by atoms with E-state index in [1.165, 1.54) is 0 Å². The van der Waals surface area contributed by atoms with Gasteiger partial charge in [0.25, 0.3) is 5.91 Å². The summed E-state index contributed by atoms with van der Waals surface area (Å²) in [7, 11) is 1.60. The fourth-order valence-corrected chi connectivity index (χ4v) is 2.53. The summed E-state index contributed by atoms with van der Waals surface area (Å²) in [6.45, 7) is 1.80. The lowest BCUT2D eigenvalue weighted by Gasteiger charge is -2.13. The zero-order chi connectivity index (χ0) is 19.2. The van der Waals surface area contributed by atoms with Crippen molar-refractivity contribution >= 4 is 21.8 Å². The van der Waals surface area contributed by atoms with Crippen LogP contribution in [0.5, 0.6) is 11.5 Å². The van der Waals surface area contributed by atoms with Crippen molar-refractivity contribution in [3.8, 4) is 22.9 Å². The monoisotopic (exact) mass is 431 g/mol. The first kappa shape index (κ1) is 18.9. The molecule has 3 rings (SSSR count). The van der Waals surface area contributed by atoms with E-state index in [4.69, 9.17) is 14.0 Å². The van der Waals surface area contributed by atoms with Gasteiger partial charge in [-0.25, -0.2) is 0 Å². The number of rotatable bonds is 7.